The number of thiazole rings is 1. The molecule has 0 atom stereocenters. The minimum atomic E-state index is -0.536. The van der Waals surface area contributed by atoms with Crippen molar-refractivity contribution < 1.29 is 18.8 Å². The van der Waals surface area contributed by atoms with E-state index < -0.39 is 11.7 Å². The Kier molecular flexibility index (Phi) is 5.91. The lowest BCUT2D eigenvalue weighted by Crippen LogP contribution is -2.26. The Hall–Kier alpha value is -2.62. The number of Topliss-reactive ketones (excluding diaryl/α,β-unsaturated/α-hetero) is 1. The highest BCUT2D eigenvalue weighted by Gasteiger charge is 2.34. The SMILES string of the molecule is Cc1cc(NC(=O)c2ccc(F)cc2Cl)sc1C(=O)Nc1nc2c(s1)C(=O)CC(C)(C)C2. The number of aromatic nitrogens is 1. The molecule has 32 heavy (non-hydrogen) atoms. The van der Waals surface area contributed by atoms with Crippen LogP contribution in [0.25, 0.3) is 0 Å². The van der Waals surface area contributed by atoms with Gasteiger partial charge in [0, 0.05) is 6.42 Å². The molecule has 0 unspecified atom stereocenters. The monoisotopic (exact) mass is 491 g/mol. The van der Waals surface area contributed by atoms with Gasteiger partial charge < -0.3 is 5.32 Å². The van der Waals surface area contributed by atoms with E-state index in [2.05, 4.69) is 15.6 Å². The van der Waals surface area contributed by atoms with Crippen molar-refractivity contribution in [3.8, 4) is 0 Å². The summed E-state index contributed by atoms with van der Waals surface area (Å²) < 4.78 is 13.2. The first kappa shape index (κ1) is 22.6. The molecule has 10 heteroatoms. The molecule has 2 N–H and O–H groups in total. The second kappa shape index (κ2) is 8.38. The van der Waals surface area contributed by atoms with Crippen molar-refractivity contribution in [2.45, 2.75) is 33.6 Å². The van der Waals surface area contributed by atoms with E-state index in [4.69, 9.17) is 11.6 Å². The molecule has 6 nitrogen and oxygen atoms in total. The molecular formula is C22H19ClFN3O3S2. The average molecular weight is 492 g/mol. The van der Waals surface area contributed by atoms with E-state index in [0.717, 1.165) is 29.2 Å². The third kappa shape index (κ3) is 4.60. The fraction of sp³-hybridized carbons (Fsp3) is 0.273. The molecule has 0 bridgehead atoms. The Balaban J connectivity index is 1.49. The second-order valence-electron chi connectivity index (χ2n) is 8.39. The number of rotatable bonds is 4. The molecule has 3 aromatic rings. The van der Waals surface area contributed by atoms with Gasteiger partial charge in [0.1, 0.15) is 5.82 Å². The smallest absolute Gasteiger partial charge is 0.267 e. The van der Waals surface area contributed by atoms with Crippen molar-refractivity contribution in [2.24, 2.45) is 5.41 Å². The summed E-state index contributed by atoms with van der Waals surface area (Å²) in [7, 11) is 0. The van der Waals surface area contributed by atoms with Crippen molar-refractivity contribution in [1.82, 2.24) is 4.98 Å². The molecule has 1 aliphatic rings. The van der Waals surface area contributed by atoms with E-state index in [1.807, 2.05) is 13.8 Å². The molecule has 0 saturated carbocycles. The van der Waals surface area contributed by atoms with Gasteiger partial charge in [0.2, 0.25) is 0 Å². The van der Waals surface area contributed by atoms with Crippen LogP contribution in [0.4, 0.5) is 14.5 Å². The first-order valence-corrected chi connectivity index (χ1v) is 11.7. The summed E-state index contributed by atoms with van der Waals surface area (Å²) in [6.07, 6.45) is 1.14. The number of nitrogens with zero attached hydrogens (tertiary/aromatic N) is 1. The zero-order chi connectivity index (χ0) is 23.2. The number of halogens is 2. The maximum absolute atomic E-state index is 13.2. The largest absolute Gasteiger partial charge is 0.313 e. The Morgan fingerprint density at radius 2 is 1.88 bits per heavy atom. The van der Waals surface area contributed by atoms with Crippen LogP contribution in [0.3, 0.4) is 0 Å². The van der Waals surface area contributed by atoms with E-state index in [1.54, 1.807) is 13.0 Å². The molecule has 0 spiro atoms. The summed E-state index contributed by atoms with van der Waals surface area (Å²) in [6.45, 7) is 5.80. The fourth-order valence-corrected chi connectivity index (χ4v) is 5.68. The molecular weight excluding hydrogens is 473 g/mol. The number of nitrogens with one attached hydrogen (secondary N) is 2. The molecule has 0 saturated heterocycles. The minimum Gasteiger partial charge on any atom is -0.313 e. The summed E-state index contributed by atoms with van der Waals surface area (Å²) in [5, 5.41) is 6.29. The lowest BCUT2D eigenvalue weighted by molar-refractivity contribution is 0.0915. The van der Waals surface area contributed by atoms with Gasteiger partial charge >= 0.3 is 0 Å². The highest BCUT2D eigenvalue weighted by molar-refractivity contribution is 7.19. The lowest BCUT2D eigenvalue weighted by Gasteiger charge is -2.26. The number of carbonyl (C=O) groups is 3. The second-order valence-corrected chi connectivity index (χ2v) is 10.8. The third-order valence-electron chi connectivity index (χ3n) is 4.99. The highest BCUT2D eigenvalue weighted by Crippen LogP contribution is 2.38. The van der Waals surface area contributed by atoms with E-state index in [9.17, 15) is 18.8 Å². The number of benzene rings is 1. The first-order valence-electron chi connectivity index (χ1n) is 9.73. The number of carbonyl (C=O) groups excluding carboxylic acids is 3. The number of amides is 2. The van der Waals surface area contributed by atoms with E-state index in [0.29, 0.717) is 38.3 Å². The zero-order valence-electron chi connectivity index (χ0n) is 17.5. The lowest BCUT2D eigenvalue weighted by atomic mass is 9.78. The Bertz CT molecular complexity index is 1270. The standard InChI is InChI=1S/C22H19ClFN3O3S2/c1-10-6-16(26-19(29)12-5-4-11(24)7-13(12)23)31-17(10)20(30)27-21-25-14-8-22(2,3)9-15(28)18(14)32-21/h4-7H,8-9H2,1-3H3,(H,26,29)(H,25,27,30). The van der Waals surface area contributed by atoms with Crippen LogP contribution in [-0.2, 0) is 6.42 Å². The van der Waals surface area contributed by atoms with Gasteiger partial charge in [0.25, 0.3) is 11.8 Å². The summed E-state index contributed by atoms with van der Waals surface area (Å²) in [4.78, 5) is 43.1. The van der Waals surface area contributed by atoms with Crippen molar-refractivity contribution in [3.63, 3.8) is 0 Å². The van der Waals surface area contributed by atoms with Crippen LogP contribution in [-0.4, -0.2) is 22.6 Å². The molecule has 0 radical (unpaired) electrons. The van der Waals surface area contributed by atoms with Crippen molar-refractivity contribution in [3.05, 3.63) is 61.7 Å². The first-order chi connectivity index (χ1) is 15.0. The molecule has 166 valence electrons. The van der Waals surface area contributed by atoms with Gasteiger partial charge in [-0.3, -0.25) is 19.7 Å². The van der Waals surface area contributed by atoms with Gasteiger partial charge in [0.15, 0.2) is 10.9 Å². The zero-order valence-corrected chi connectivity index (χ0v) is 19.9. The molecule has 2 aromatic heterocycles. The maximum Gasteiger partial charge on any atom is 0.267 e. The van der Waals surface area contributed by atoms with Crippen LogP contribution in [0.2, 0.25) is 5.02 Å². The predicted octanol–water partition coefficient (Wildman–Crippen LogP) is 5.97. The number of ketones is 1. The minimum absolute atomic E-state index is 0.000735. The van der Waals surface area contributed by atoms with Gasteiger partial charge in [-0.1, -0.05) is 36.8 Å². The quantitative estimate of drug-likeness (QED) is 0.471. The van der Waals surface area contributed by atoms with Crippen LogP contribution in [0, 0.1) is 18.2 Å². The van der Waals surface area contributed by atoms with Gasteiger partial charge in [-0.25, -0.2) is 9.37 Å². The predicted molar refractivity (Wildman–Crippen MR) is 125 cm³/mol. The average Bonchev–Trinajstić information content (AvgIpc) is 3.23. The maximum atomic E-state index is 13.2. The summed E-state index contributed by atoms with van der Waals surface area (Å²) in [5.74, 6) is -1.36. The fourth-order valence-electron chi connectivity index (χ4n) is 3.55. The van der Waals surface area contributed by atoms with Crippen LogP contribution in [0.5, 0.6) is 0 Å². The van der Waals surface area contributed by atoms with Crippen molar-refractivity contribution in [1.29, 1.82) is 0 Å². The Morgan fingerprint density at radius 3 is 2.59 bits per heavy atom. The molecule has 0 aliphatic heterocycles. The Morgan fingerprint density at radius 1 is 1.12 bits per heavy atom. The highest BCUT2D eigenvalue weighted by atomic mass is 35.5. The van der Waals surface area contributed by atoms with Crippen LogP contribution in [0.15, 0.2) is 24.3 Å². The third-order valence-corrected chi connectivity index (χ3v) is 7.51. The van der Waals surface area contributed by atoms with Crippen LogP contribution < -0.4 is 10.6 Å². The van der Waals surface area contributed by atoms with Gasteiger partial charge in [-0.15, -0.1) is 11.3 Å². The molecule has 1 aromatic carbocycles. The van der Waals surface area contributed by atoms with E-state index >= 15 is 0 Å². The molecule has 1 aliphatic carbocycles. The number of thiophene rings is 1. The molecule has 2 heterocycles. The number of anilines is 2. The van der Waals surface area contributed by atoms with Crippen molar-refractivity contribution in [2.75, 3.05) is 10.6 Å². The van der Waals surface area contributed by atoms with Gasteiger partial charge in [-0.2, -0.15) is 0 Å². The number of fused-ring (bicyclic) bond motifs is 1. The molecule has 4 rings (SSSR count). The Labute approximate surface area is 196 Å². The van der Waals surface area contributed by atoms with E-state index in [1.165, 1.54) is 17.4 Å². The molecule has 2 amide bonds. The van der Waals surface area contributed by atoms with Crippen molar-refractivity contribution >= 4 is 62.0 Å². The number of aryl methyl sites for hydroxylation is 1. The number of hydrogen-bond acceptors (Lipinski definition) is 6. The number of hydrogen-bond donors (Lipinski definition) is 2. The summed E-state index contributed by atoms with van der Waals surface area (Å²) in [6, 6.07) is 5.19. The normalized spacial score (nSPS) is 14.7. The van der Waals surface area contributed by atoms with Crippen LogP contribution >= 0.6 is 34.3 Å². The van der Waals surface area contributed by atoms with Gasteiger partial charge in [-0.05, 0) is 48.6 Å². The topological polar surface area (TPSA) is 88.2 Å². The van der Waals surface area contributed by atoms with Gasteiger partial charge in [0.05, 0.1) is 31.0 Å². The summed E-state index contributed by atoms with van der Waals surface area (Å²) in [5.41, 5.74) is 1.38. The molecule has 0 fully saturated rings. The summed E-state index contributed by atoms with van der Waals surface area (Å²) >= 11 is 8.24. The van der Waals surface area contributed by atoms with Crippen LogP contribution in [0.1, 0.15) is 61.2 Å². The van der Waals surface area contributed by atoms with E-state index in [-0.39, 0.29) is 27.7 Å².